The minimum atomic E-state index is -0.454. The molecule has 2 rings (SSSR count). The maximum atomic E-state index is 12.4. The van der Waals surface area contributed by atoms with E-state index in [1.165, 1.54) is 5.56 Å². The zero-order valence-corrected chi connectivity index (χ0v) is 21.1. The largest absolute Gasteiger partial charge is 0.444 e. The fourth-order valence-corrected chi connectivity index (χ4v) is 3.48. The number of aryl methyl sites for hydroxylation is 1. The number of piperidine rings is 1. The molecular weight excluding hydrogens is 481 g/mol. The molecule has 1 aromatic heterocycles. The van der Waals surface area contributed by atoms with Crippen LogP contribution in [0.1, 0.15) is 46.1 Å². The highest BCUT2D eigenvalue weighted by atomic mass is 127. The first-order chi connectivity index (χ1) is 13.2. The molecule has 0 radical (unpaired) electrons. The quantitative estimate of drug-likeness (QED) is 0.366. The summed E-state index contributed by atoms with van der Waals surface area (Å²) >= 11 is 0. The van der Waals surface area contributed by atoms with Crippen molar-refractivity contribution >= 4 is 36.0 Å². The number of amides is 1. The molecule has 1 saturated heterocycles. The summed E-state index contributed by atoms with van der Waals surface area (Å²) in [5.74, 6) is 1.44. The highest BCUT2D eigenvalue weighted by Crippen LogP contribution is 2.20. The van der Waals surface area contributed by atoms with Gasteiger partial charge in [-0.15, -0.1) is 24.0 Å². The Morgan fingerprint density at radius 3 is 2.48 bits per heavy atom. The molecule has 166 valence electrons. The lowest BCUT2D eigenvalue weighted by atomic mass is 9.96. The van der Waals surface area contributed by atoms with Crippen LogP contribution < -0.4 is 5.32 Å². The molecule has 0 unspecified atom stereocenters. The third-order valence-electron chi connectivity index (χ3n) is 4.98. The second kappa shape index (κ2) is 11.7. The van der Waals surface area contributed by atoms with Gasteiger partial charge in [-0.3, -0.25) is 4.99 Å². The highest BCUT2D eigenvalue weighted by molar-refractivity contribution is 14.0. The summed E-state index contributed by atoms with van der Waals surface area (Å²) in [6.45, 7) is 11.8. The Bertz CT molecular complexity index is 660. The van der Waals surface area contributed by atoms with Crippen molar-refractivity contribution in [1.29, 1.82) is 0 Å². The lowest BCUT2D eigenvalue weighted by molar-refractivity contribution is 0.0214. The number of carbonyl (C=O) groups is 1. The van der Waals surface area contributed by atoms with E-state index in [-0.39, 0.29) is 30.1 Å². The average Bonchev–Trinajstić information content (AvgIpc) is 3.05. The number of nitrogens with zero attached hydrogens (tertiary/aromatic N) is 4. The molecule has 29 heavy (non-hydrogen) atoms. The van der Waals surface area contributed by atoms with Crippen LogP contribution in [-0.4, -0.2) is 65.2 Å². The van der Waals surface area contributed by atoms with Gasteiger partial charge >= 0.3 is 6.09 Å². The molecule has 2 heterocycles. The van der Waals surface area contributed by atoms with Crippen molar-refractivity contribution in [1.82, 2.24) is 19.7 Å². The van der Waals surface area contributed by atoms with Gasteiger partial charge in [0.1, 0.15) is 5.60 Å². The van der Waals surface area contributed by atoms with E-state index in [0.717, 1.165) is 45.0 Å². The van der Waals surface area contributed by atoms with Crippen molar-refractivity contribution < 1.29 is 9.53 Å². The Morgan fingerprint density at radius 1 is 1.34 bits per heavy atom. The molecule has 0 aromatic carbocycles. The molecule has 0 atom stereocenters. The number of halogens is 1. The summed E-state index contributed by atoms with van der Waals surface area (Å²) < 4.78 is 7.58. The van der Waals surface area contributed by atoms with Crippen LogP contribution in [0.25, 0.3) is 0 Å². The van der Waals surface area contributed by atoms with E-state index in [4.69, 9.17) is 4.74 Å². The predicted molar refractivity (Wildman–Crippen MR) is 129 cm³/mol. The number of guanidine groups is 1. The van der Waals surface area contributed by atoms with Gasteiger partial charge in [0.2, 0.25) is 0 Å². The minimum Gasteiger partial charge on any atom is -0.444 e. The van der Waals surface area contributed by atoms with Crippen molar-refractivity contribution in [3.05, 3.63) is 24.0 Å². The van der Waals surface area contributed by atoms with E-state index in [1.54, 1.807) is 0 Å². The van der Waals surface area contributed by atoms with E-state index in [1.807, 2.05) is 46.7 Å². The molecule has 1 aromatic rings. The zero-order valence-electron chi connectivity index (χ0n) is 18.8. The third kappa shape index (κ3) is 8.44. The lowest BCUT2D eigenvalue weighted by Gasteiger charge is -2.36. The molecule has 1 amide bonds. The number of carbonyl (C=O) groups excluding carboxylic acids is 1. The van der Waals surface area contributed by atoms with Crippen LogP contribution in [0.2, 0.25) is 0 Å². The van der Waals surface area contributed by atoms with Crippen LogP contribution >= 0.6 is 24.0 Å². The lowest BCUT2D eigenvalue weighted by Crippen LogP contribution is -2.47. The van der Waals surface area contributed by atoms with Gasteiger partial charge in [0, 0.05) is 59.2 Å². The molecule has 1 N–H and O–H groups in total. The maximum Gasteiger partial charge on any atom is 0.410 e. The normalized spacial score (nSPS) is 15.7. The molecule has 0 bridgehead atoms. The summed E-state index contributed by atoms with van der Waals surface area (Å²) in [6, 6.07) is 2.11. The Morgan fingerprint density at radius 2 is 2.00 bits per heavy atom. The second-order valence-electron chi connectivity index (χ2n) is 8.54. The smallest absolute Gasteiger partial charge is 0.410 e. The topological polar surface area (TPSA) is 62.1 Å². The van der Waals surface area contributed by atoms with Gasteiger partial charge in [0.05, 0.1) is 0 Å². The summed E-state index contributed by atoms with van der Waals surface area (Å²) in [5, 5.41) is 3.46. The summed E-state index contributed by atoms with van der Waals surface area (Å²) in [5.41, 5.74) is 0.791. The molecule has 1 fully saturated rings. The summed E-state index contributed by atoms with van der Waals surface area (Å²) in [4.78, 5) is 20.9. The van der Waals surface area contributed by atoms with Gasteiger partial charge in [-0.2, -0.15) is 0 Å². The third-order valence-corrected chi connectivity index (χ3v) is 4.98. The monoisotopic (exact) mass is 519 g/mol. The number of aromatic nitrogens is 1. The van der Waals surface area contributed by atoms with E-state index in [0.29, 0.717) is 12.5 Å². The molecular formula is C21H38IN5O2. The van der Waals surface area contributed by atoms with Gasteiger partial charge in [-0.25, -0.2) is 4.79 Å². The SMILES string of the molecule is CCN(CC1CCN(C(=NC)NCc2ccn(C)c2)CC1)C(=O)OC(C)(C)C.I. The van der Waals surface area contributed by atoms with Gasteiger partial charge in [-0.05, 0) is 58.1 Å². The molecule has 0 aliphatic carbocycles. The number of ether oxygens (including phenoxy) is 1. The Labute approximate surface area is 192 Å². The van der Waals surface area contributed by atoms with Crippen LogP contribution in [0.3, 0.4) is 0 Å². The molecule has 7 nitrogen and oxygen atoms in total. The molecule has 1 aliphatic rings. The first-order valence-electron chi connectivity index (χ1n) is 10.3. The molecule has 8 heteroatoms. The first kappa shape index (κ1) is 25.6. The van der Waals surface area contributed by atoms with Crippen LogP contribution in [0.4, 0.5) is 4.79 Å². The zero-order chi connectivity index (χ0) is 20.7. The summed E-state index contributed by atoms with van der Waals surface area (Å²) in [6.07, 6.45) is 6.05. The van der Waals surface area contributed by atoms with Crippen molar-refractivity contribution in [2.45, 2.75) is 52.7 Å². The average molecular weight is 519 g/mol. The van der Waals surface area contributed by atoms with Crippen molar-refractivity contribution in [2.75, 3.05) is 33.2 Å². The van der Waals surface area contributed by atoms with E-state index < -0.39 is 5.60 Å². The number of hydrogen-bond acceptors (Lipinski definition) is 3. The number of likely N-dealkylation sites (tertiary alicyclic amines) is 1. The van der Waals surface area contributed by atoms with Crippen molar-refractivity contribution in [3.63, 3.8) is 0 Å². The van der Waals surface area contributed by atoms with Crippen LogP contribution in [0.5, 0.6) is 0 Å². The fraction of sp³-hybridized carbons (Fsp3) is 0.714. The van der Waals surface area contributed by atoms with Gasteiger partial charge in [0.15, 0.2) is 5.96 Å². The predicted octanol–water partition coefficient (Wildman–Crippen LogP) is 3.69. The Balaban J connectivity index is 0.00000420. The number of hydrogen-bond donors (Lipinski definition) is 1. The second-order valence-corrected chi connectivity index (χ2v) is 8.54. The number of nitrogens with one attached hydrogen (secondary N) is 1. The Hall–Kier alpha value is -1.45. The Kier molecular flexibility index (Phi) is 10.3. The van der Waals surface area contributed by atoms with Gasteiger partial charge in [0.25, 0.3) is 0 Å². The van der Waals surface area contributed by atoms with Crippen molar-refractivity contribution in [2.24, 2.45) is 18.0 Å². The molecule has 1 aliphatic heterocycles. The van der Waals surface area contributed by atoms with Crippen LogP contribution in [0.15, 0.2) is 23.5 Å². The van der Waals surface area contributed by atoms with E-state index >= 15 is 0 Å². The molecule has 0 spiro atoms. The first-order valence-corrected chi connectivity index (χ1v) is 10.3. The maximum absolute atomic E-state index is 12.4. The summed E-state index contributed by atoms with van der Waals surface area (Å²) in [7, 11) is 3.86. The number of rotatable bonds is 5. The van der Waals surface area contributed by atoms with Crippen LogP contribution in [-0.2, 0) is 18.3 Å². The molecule has 0 saturated carbocycles. The number of aliphatic imine (C=N–C) groups is 1. The standard InChI is InChI=1S/C21H37N5O2.HI/c1-7-25(20(27)28-21(2,3)4)16-17-9-12-26(13-10-17)19(22-5)23-14-18-8-11-24(6)15-18;/h8,11,15,17H,7,9-10,12-14,16H2,1-6H3,(H,22,23);1H. The van der Waals surface area contributed by atoms with Gasteiger partial charge in [-0.1, -0.05) is 0 Å². The fourth-order valence-electron chi connectivity index (χ4n) is 3.48. The minimum absolute atomic E-state index is 0. The van der Waals surface area contributed by atoms with Gasteiger partial charge < -0.3 is 24.4 Å². The highest BCUT2D eigenvalue weighted by Gasteiger charge is 2.27. The van der Waals surface area contributed by atoms with E-state index in [2.05, 4.69) is 38.2 Å². The van der Waals surface area contributed by atoms with Crippen LogP contribution in [0, 0.1) is 5.92 Å². The van der Waals surface area contributed by atoms with E-state index in [9.17, 15) is 4.79 Å². The van der Waals surface area contributed by atoms with Crippen molar-refractivity contribution in [3.8, 4) is 0 Å².